The Hall–Kier alpha value is -1.22. The van der Waals surface area contributed by atoms with E-state index in [9.17, 15) is 9.59 Å². The van der Waals surface area contributed by atoms with Crippen LogP contribution in [-0.4, -0.2) is 110 Å². The molecule has 1 N–H and O–H groups in total. The Bertz CT molecular complexity index is 475. The molecule has 3 heterocycles. The molecule has 3 fully saturated rings. The van der Waals surface area contributed by atoms with Crippen LogP contribution in [0, 0.1) is 0 Å². The molecule has 25 heavy (non-hydrogen) atoms. The van der Waals surface area contributed by atoms with Crippen molar-refractivity contribution in [1.82, 2.24) is 20.0 Å². The molecule has 0 aromatic carbocycles. The second-order valence-corrected chi connectivity index (χ2v) is 6.98. The average molecular weight is 354 g/mol. The maximum absolute atomic E-state index is 12.7. The molecule has 3 aliphatic heterocycles. The summed E-state index contributed by atoms with van der Waals surface area (Å²) in [6.45, 7) is 10.6. The molecule has 142 valence electrons. The van der Waals surface area contributed by atoms with Gasteiger partial charge in [-0.25, -0.2) is 0 Å². The number of hydrogen-bond acceptors (Lipinski definition) is 6. The van der Waals surface area contributed by atoms with Crippen LogP contribution in [-0.2, 0) is 19.1 Å². The van der Waals surface area contributed by atoms with Crippen LogP contribution >= 0.6 is 0 Å². The van der Waals surface area contributed by atoms with Gasteiger partial charge in [0.15, 0.2) is 0 Å². The average Bonchev–Trinajstić information content (AvgIpc) is 2.67. The van der Waals surface area contributed by atoms with Crippen LogP contribution in [0.4, 0.5) is 0 Å². The first kappa shape index (κ1) is 18.6. The van der Waals surface area contributed by atoms with Gasteiger partial charge in [0.2, 0.25) is 11.8 Å². The molecular weight excluding hydrogens is 324 g/mol. The van der Waals surface area contributed by atoms with Crippen molar-refractivity contribution in [3.05, 3.63) is 0 Å². The van der Waals surface area contributed by atoms with Gasteiger partial charge in [0.1, 0.15) is 6.04 Å². The Labute approximate surface area is 149 Å². The SMILES string of the molecule is CC(C(=O)N1CCOCC1)N1CCN(C(=O)[C@H]2NCCO[C@@H]2C)CC1. The topological polar surface area (TPSA) is 74.4 Å². The third-order valence-corrected chi connectivity index (χ3v) is 5.44. The Kier molecular flexibility index (Phi) is 6.27. The predicted octanol–water partition coefficient (Wildman–Crippen LogP) is -1.25. The third kappa shape index (κ3) is 4.31. The van der Waals surface area contributed by atoms with Crippen molar-refractivity contribution >= 4 is 11.8 Å². The highest BCUT2D eigenvalue weighted by molar-refractivity contribution is 5.83. The van der Waals surface area contributed by atoms with Crippen LogP contribution < -0.4 is 5.32 Å². The zero-order valence-corrected chi connectivity index (χ0v) is 15.3. The first-order chi connectivity index (χ1) is 12.1. The van der Waals surface area contributed by atoms with Gasteiger partial charge in [0, 0.05) is 45.8 Å². The summed E-state index contributed by atoms with van der Waals surface area (Å²) in [5.41, 5.74) is 0. The second-order valence-electron chi connectivity index (χ2n) is 6.98. The standard InChI is InChI=1S/C17H30N4O4/c1-13(16(22)21-8-11-24-12-9-21)19-4-6-20(7-5-19)17(23)15-14(2)25-10-3-18-15/h13-15,18H,3-12H2,1-2H3/t13?,14-,15+/m1/s1. The van der Waals surface area contributed by atoms with Crippen molar-refractivity contribution in [3.63, 3.8) is 0 Å². The van der Waals surface area contributed by atoms with E-state index in [4.69, 9.17) is 9.47 Å². The second kappa shape index (κ2) is 8.44. The molecule has 3 atom stereocenters. The van der Waals surface area contributed by atoms with Crippen molar-refractivity contribution < 1.29 is 19.1 Å². The molecule has 2 amide bonds. The molecule has 0 radical (unpaired) electrons. The summed E-state index contributed by atoms with van der Waals surface area (Å²) in [6, 6.07) is -0.405. The fraction of sp³-hybridized carbons (Fsp3) is 0.882. The summed E-state index contributed by atoms with van der Waals surface area (Å²) >= 11 is 0. The van der Waals surface area contributed by atoms with Gasteiger partial charge in [-0.1, -0.05) is 0 Å². The number of carbonyl (C=O) groups is 2. The van der Waals surface area contributed by atoms with Crippen molar-refractivity contribution in [2.45, 2.75) is 32.0 Å². The van der Waals surface area contributed by atoms with Crippen LogP contribution in [0.1, 0.15) is 13.8 Å². The minimum absolute atomic E-state index is 0.0962. The molecule has 0 spiro atoms. The van der Waals surface area contributed by atoms with Gasteiger partial charge in [0.25, 0.3) is 0 Å². The molecule has 3 rings (SSSR count). The third-order valence-electron chi connectivity index (χ3n) is 5.44. The fourth-order valence-corrected chi connectivity index (χ4v) is 3.74. The Morgan fingerprint density at radius 3 is 2.32 bits per heavy atom. The number of amides is 2. The summed E-state index contributed by atoms with van der Waals surface area (Å²) in [7, 11) is 0. The highest BCUT2D eigenvalue weighted by Gasteiger charge is 2.35. The number of carbonyl (C=O) groups excluding carboxylic acids is 2. The summed E-state index contributed by atoms with van der Waals surface area (Å²) in [5.74, 6) is 0.276. The van der Waals surface area contributed by atoms with Crippen molar-refractivity contribution in [2.75, 3.05) is 65.6 Å². The molecule has 8 nitrogen and oxygen atoms in total. The molecule has 0 bridgehead atoms. The van der Waals surface area contributed by atoms with Crippen molar-refractivity contribution in [1.29, 1.82) is 0 Å². The van der Waals surface area contributed by atoms with Crippen LogP contribution in [0.25, 0.3) is 0 Å². The first-order valence-corrected chi connectivity index (χ1v) is 9.32. The fourth-order valence-electron chi connectivity index (χ4n) is 3.74. The van der Waals surface area contributed by atoms with E-state index < -0.39 is 0 Å². The van der Waals surface area contributed by atoms with Crippen LogP contribution in [0.5, 0.6) is 0 Å². The van der Waals surface area contributed by atoms with Crippen molar-refractivity contribution in [2.24, 2.45) is 0 Å². The van der Waals surface area contributed by atoms with E-state index in [0.717, 1.165) is 13.1 Å². The smallest absolute Gasteiger partial charge is 0.242 e. The molecule has 8 heteroatoms. The molecule has 3 aliphatic rings. The summed E-state index contributed by atoms with van der Waals surface area (Å²) in [4.78, 5) is 31.3. The minimum atomic E-state index is -0.257. The normalized spacial score (nSPS) is 30.2. The van der Waals surface area contributed by atoms with Gasteiger partial charge in [-0.3, -0.25) is 14.5 Å². The molecule has 3 saturated heterocycles. The van der Waals surface area contributed by atoms with E-state index >= 15 is 0 Å². The highest BCUT2D eigenvalue weighted by atomic mass is 16.5. The van der Waals surface area contributed by atoms with Gasteiger partial charge in [-0.05, 0) is 13.8 Å². The predicted molar refractivity (Wildman–Crippen MR) is 92.2 cm³/mol. The Balaban J connectivity index is 1.49. The van der Waals surface area contributed by atoms with Crippen LogP contribution in [0.3, 0.4) is 0 Å². The summed E-state index contributed by atoms with van der Waals surface area (Å²) in [5, 5.41) is 3.26. The molecular formula is C17H30N4O4. The number of piperazine rings is 1. The van der Waals surface area contributed by atoms with E-state index in [1.54, 1.807) is 0 Å². The monoisotopic (exact) mass is 354 g/mol. The zero-order chi connectivity index (χ0) is 17.8. The van der Waals surface area contributed by atoms with Gasteiger partial charge in [-0.2, -0.15) is 0 Å². The zero-order valence-electron chi connectivity index (χ0n) is 15.3. The quantitative estimate of drug-likeness (QED) is 0.683. The summed E-state index contributed by atoms with van der Waals surface area (Å²) in [6.07, 6.45) is -0.0962. The molecule has 0 aromatic rings. The lowest BCUT2D eigenvalue weighted by Gasteiger charge is -2.41. The van der Waals surface area contributed by atoms with E-state index in [1.165, 1.54) is 0 Å². The Morgan fingerprint density at radius 2 is 1.68 bits per heavy atom. The lowest BCUT2D eigenvalue weighted by atomic mass is 10.1. The lowest BCUT2D eigenvalue weighted by Crippen LogP contribution is -2.61. The maximum Gasteiger partial charge on any atom is 0.242 e. The van der Waals surface area contributed by atoms with Crippen LogP contribution in [0.2, 0.25) is 0 Å². The number of morpholine rings is 2. The Morgan fingerprint density at radius 1 is 1.00 bits per heavy atom. The van der Waals surface area contributed by atoms with Gasteiger partial charge in [0.05, 0.1) is 32.0 Å². The number of rotatable bonds is 3. The van der Waals surface area contributed by atoms with Gasteiger partial charge in [-0.15, -0.1) is 0 Å². The first-order valence-electron chi connectivity index (χ1n) is 9.32. The summed E-state index contributed by atoms with van der Waals surface area (Å²) < 4.78 is 10.9. The molecule has 1 unspecified atom stereocenters. The number of ether oxygens (including phenoxy) is 2. The lowest BCUT2D eigenvalue weighted by molar-refractivity contribution is -0.144. The maximum atomic E-state index is 12.7. The van der Waals surface area contributed by atoms with E-state index in [0.29, 0.717) is 52.5 Å². The van der Waals surface area contributed by atoms with E-state index in [2.05, 4.69) is 10.2 Å². The van der Waals surface area contributed by atoms with Crippen molar-refractivity contribution in [3.8, 4) is 0 Å². The largest absolute Gasteiger partial charge is 0.378 e. The number of nitrogens with zero attached hydrogens (tertiary/aromatic N) is 3. The minimum Gasteiger partial charge on any atom is -0.378 e. The number of hydrogen-bond donors (Lipinski definition) is 1. The van der Waals surface area contributed by atoms with Gasteiger partial charge >= 0.3 is 0 Å². The molecule has 0 saturated carbocycles. The van der Waals surface area contributed by atoms with Gasteiger partial charge < -0.3 is 24.6 Å². The van der Waals surface area contributed by atoms with Crippen LogP contribution in [0.15, 0.2) is 0 Å². The number of nitrogens with one attached hydrogen (secondary N) is 1. The highest BCUT2D eigenvalue weighted by Crippen LogP contribution is 2.13. The molecule has 0 aromatic heterocycles. The van der Waals surface area contributed by atoms with E-state index in [-0.39, 0.29) is 30.0 Å². The van der Waals surface area contributed by atoms with E-state index in [1.807, 2.05) is 23.6 Å². The molecule has 0 aliphatic carbocycles.